The average Bonchev–Trinajstić information content (AvgIpc) is 2.61. The van der Waals surface area contributed by atoms with Gasteiger partial charge in [0.05, 0.1) is 4.43 Å². The third-order valence-corrected chi connectivity index (χ3v) is 3.68. The molecule has 2 aliphatic heterocycles. The van der Waals surface area contributed by atoms with Gasteiger partial charge >= 0.3 is 0 Å². The van der Waals surface area contributed by atoms with Gasteiger partial charge in [0.1, 0.15) is 12.2 Å². The van der Waals surface area contributed by atoms with Crippen LogP contribution in [0.3, 0.4) is 0 Å². The lowest BCUT2D eigenvalue weighted by atomic mass is 10.1. The zero-order chi connectivity index (χ0) is 11.3. The molecule has 2 rings (SSSR count). The molecule has 1 N–H and O–H groups in total. The molecule has 2 heterocycles. The van der Waals surface area contributed by atoms with Crippen molar-refractivity contribution >= 4 is 22.6 Å². The van der Waals surface area contributed by atoms with Gasteiger partial charge < -0.3 is 24.1 Å². The van der Waals surface area contributed by atoms with Crippen LogP contribution >= 0.6 is 22.6 Å². The molecule has 2 aliphatic rings. The summed E-state index contributed by atoms with van der Waals surface area (Å²) < 4.78 is 22.2. The van der Waals surface area contributed by atoms with E-state index < -0.39 is 24.0 Å². The number of fused-ring (bicyclic) bond motifs is 1. The van der Waals surface area contributed by atoms with E-state index in [0.29, 0.717) is 4.43 Å². The van der Waals surface area contributed by atoms with Gasteiger partial charge in [0.15, 0.2) is 12.1 Å². The fourth-order valence-corrected chi connectivity index (χ4v) is 2.58. The van der Waals surface area contributed by atoms with Crippen molar-refractivity contribution in [3.05, 3.63) is 0 Å². The topological polar surface area (TPSA) is 57.2 Å². The zero-order valence-electron chi connectivity index (χ0n) is 8.90. The van der Waals surface area contributed by atoms with Crippen molar-refractivity contribution in [1.82, 2.24) is 0 Å². The standard InChI is InChI=1S/C9H15IO5/c1-8(2)13-5-6(14-8)9(11,4-10)15-7(5)12-3/h5-7,11H,4H2,1-3H3/t5-,6+,7-,9-/m1/s1. The monoisotopic (exact) mass is 330 g/mol. The Morgan fingerprint density at radius 1 is 1.33 bits per heavy atom. The number of hydrogen-bond acceptors (Lipinski definition) is 5. The molecule has 0 spiro atoms. The van der Waals surface area contributed by atoms with E-state index in [1.807, 2.05) is 13.8 Å². The molecule has 0 saturated carbocycles. The summed E-state index contributed by atoms with van der Waals surface area (Å²) >= 11 is 2.05. The van der Waals surface area contributed by atoms with E-state index >= 15 is 0 Å². The van der Waals surface area contributed by atoms with Crippen molar-refractivity contribution in [1.29, 1.82) is 0 Å². The summed E-state index contributed by atoms with van der Waals surface area (Å²) in [6, 6.07) is 0. The highest BCUT2D eigenvalue weighted by Crippen LogP contribution is 2.43. The van der Waals surface area contributed by atoms with Crippen LogP contribution in [-0.2, 0) is 18.9 Å². The van der Waals surface area contributed by atoms with E-state index in [2.05, 4.69) is 22.6 Å². The lowest BCUT2D eigenvalue weighted by molar-refractivity contribution is -0.296. The maximum absolute atomic E-state index is 10.2. The van der Waals surface area contributed by atoms with Crippen molar-refractivity contribution in [2.75, 3.05) is 11.5 Å². The summed E-state index contributed by atoms with van der Waals surface area (Å²) in [5.74, 6) is -2.02. The Kier molecular flexibility index (Phi) is 3.02. The van der Waals surface area contributed by atoms with Crippen molar-refractivity contribution < 1.29 is 24.1 Å². The van der Waals surface area contributed by atoms with Crippen LogP contribution in [-0.4, -0.2) is 46.7 Å². The largest absolute Gasteiger partial charge is 0.363 e. The fraction of sp³-hybridized carbons (Fsp3) is 1.00. The maximum Gasteiger partial charge on any atom is 0.207 e. The molecular weight excluding hydrogens is 315 g/mol. The molecule has 0 amide bonds. The number of hydrogen-bond donors (Lipinski definition) is 1. The van der Waals surface area contributed by atoms with Gasteiger partial charge in [-0.05, 0) is 13.8 Å². The van der Waals surface area contributed by atoms with Gasteiger partial charge in [-0.3, -0.25) is 0 Å². The summed E-state index contributed by atoms with van der Waals surface area (Å²) in [4.78, 5) is 0. The highest BCUT2D eigenvalue weighted by atomic mass is 127. The normalized spacial score (nSPS) is 48.2. The highest BCUT2D eigenvalue weighted by molar-refractivity contribution is 14.1. The van der Waals surface area contributed by atoms with Crippen LogP contribution in [0, 0.1) is 0 Å². The first-order valence-corrected chi connectivity index (χ1v) is 6.29. The number of ether oxygens (including phenoxy) is 4. The smallest absolute Gasteiger partial charge is 0.207 e. The van der Waals surface area contributed by atoms with Crippen molar-refractivity contribution in [3.8, 4) is 0 Å². The van der Waals surface area contributed by atoms with E-state index in [1.54, 1.807) is 0 Å². The van der Waals surface area contributed by atoms with E-state index in [-0.39, 0.29) is 6.10 Å². The van der Waals surface area contributed by atoms with Gasteiger partial charge in [-0.1, -0.05) is 22.6 Å². The first-order chi connectivity index (χ1) is 6.92. The van der Waals surface area contributed by atoms with Crippen LogP contribution in [0.5, 0.6) is 0 Å². The predicted octanol–water partition coefficient (Wildman–Crippen LogP) is 0.633. The Morgan fingerprint density at radius 2 is 2.00 bits per heavy atom. The third-order valence-electron chi connectivity index (χ3n) is 2.59. The highest BCUT2D eigenvalue weighted by Gasteiger charge is 2.62. The number of rotatable bonds is 2. The molecule has 0 aromatic heterocycles. The second-order valence-electron chi connectivity index (χ2n) is 4.22. The van der Waals surface area contributed by atoms with Gasteiger partial charge in [-0.2, -0.15) is 0 Å². The zero-order valence-corrected chi connectivity index (χ0v) is 11.1. The molecule has 6 heteroatoms. The molecule has 2 saturated heterocycles. The Bertz CT molecular complexity index is 259. The summed E-state index contributed by atoms with van der Waals surface area (Å²) in [6.45, 7) is 3.62. The molecule has 88 valence electrons. The third kappa shape index (κ3) is 1.91. The molecule has 0 aliphatic carbocycles. The molecule has 15 heavy (non-hydrogen) atoms. The van der Waals surface area contributed by atoms with Crippen LogP contribution in [0.2, 0.25) is 0 Å². The van der Waals surface area contributed by atoms with E-state index in [4.69, 9.17) is 18.9 Å². The first-order valence-electron chi connectivity index (χ1n) is 4.76. The summed E-state index contributed by atoms with van der Waals surface area (Å²) in [5, 5.41) is 10.2. The minimum atomic E-state index is -1.32. The van der Waals surface area contributed by atoms with Crippen LogP contribution in [0.1, 0.15) is 13.8 Å². The predicted molar refractivity (Wildman–Crippen MR) is 59.5 cm³/mol. The van der Waals surface area contributed by atoms with Crippen LogP contribution in [0.25, 0.3) is 0 Å². The molecule has 0 aromatic rings. The number of methoxy groups -OCH3 is 1. The lowest BCUT2D eigenvalue weighted by Gasteiger charge is -2.28. The SMILES string of the molecule is CO[C@@H]1O[C@](O)(CI)[C@H]2OC(C)(C)O[C@@H]12. The van der Waals surface area contributed by atoms with Crippen LogP contribution < -0.4 is 0 Å². The van der Waals surface area contributed by atoms with E-state index in [1.165, 1.54) is 7.11 Å². The van der Waals surface area contributed by atoms with Gasteiger partial charge in [0.2, 0.25) is 5.79 Å². The fourth-order valence-electron chi connectivity index (χ4n) is 1.96. The van der Waals surface area contributed by atoms with Crippen LogP contribution in [0.15, 0.2) is 0 Å². The molecular formula is C9H15IO5. The second-order valence-corrected chi connectivity index (χ2v) is 4.98. The van der Waals surface area contributed by atoms with Gasteiger partial charge in [-0.25, -0.2) is 0 Å². The minimum Gasteiger partial charge on any atom is -0.363 e. The van der Waals surface area contributed by atoms with E-state index in [9.17, 15) is 5.11 Å². The van der Waals surface area contributed by atoms with Crippen molar-refractivity contribution in [2.24, 2.45) is 0 Å². The number of halogens is 1. The Hall–Kier alpha value is 0.530. The summed E-state index contributed by atoms with van der Waals surface area (Å²) in [6.07, 6.45) is -1.43. The molecule has 5 nitrogen and oxygen atoms in total. The lowest BCUT2D eigenvalue weighted by Crippen LogP contribution is -2.44. The minimum absolute atomic E-state index is 0.371. The maximum atomic E-state index is 10.2. The quantitative estimate of drug-likeness (QED) is 0.595. The van der Waals surface area contributed by atoms with E-state index in [0.717, 1.165) is 0 Å². The number of alkyl halides is 1. The summed E-state index contributed by atoms with van der Waals surface area (Å²) in [7, 11) is 1.52. The Morgan fingerprint density at radius 3 is 2.53 bits per heavy atom. The second kappa shape index (κ2) is 3.78. The van der Waals surface area contributed by atoms with Crippen molar-refractivity contribution in [2.45, 2.75) is 43.9 Å². The number of aliphatic hydroxyl groups is 1. The molecule has 0 unspecified atom stereocenters. The molecule has 4 atom stereocenters. The van der Waals surface area contributed by atoms with Gasteiger partial charge in [0.25, 0.3) is 0 Å². The average molecular weight is 330 g/mol. The van der Waals surface area contributed by atoms with Gasteiger partial charge in [0, 0.05) is 7.11 Å². The Balaban J connectivity index is 2.23. The molecule has 0 radical (unpaired) electrons. The van der Waals surface area contributed by atoms with Crippen molar-refractivity contribution in [3.63, 3.8) is 0 Å². The molecule has 2 fully saturated rings. The Labute approximate surface area is 102 Å². The summed E-state index contributed by atoms with van der Waals surface area (Å²) in [5.41, 5.74) is 0. The first kappa shape index (κ1) is 12.0. The molecule has 0 aromatic carbocycles. The molecule has 0 bridgehead atoms. The van der Waals surface area contributed by atoms with Crippen LogP contribution in [0.4, 0.5) is 0 Å². The van der Waals surface area contributed by atoms with Gasteiger partial charge in [-0.15, -0.1) is 0 Å².